The maximum atomic E-state index is 10.9. The van der Waals surface area contributed by atoms with Crippen LogP contribution in [0.5, 0.6) is 0 Å². The molecule has 2 aromatic rings. The molecule has 6 nitrogen and oxygen atoms in total. The molecule has 0 saturated heterocycles. The Morgan fingerprint density at radius 3 is 2.52 bits per heavy atom. The second kappa shape index (κ2) is 7.70. The number of rotatable bonds is 3. The Morgan fingerprint density at radius 1 is 1.32 bits per heavy atom. The van der Waals surface area contributed by atoms with Crippen molar-refractivity contribution in [2.75, 3.05) is 6.54 Å². The van der Waals surface area contributed by atoms with Crippen LogP contribution in [0.25, 0.3) is 0 Å². The smallest absolute Gasteiger partial charge is 0.477 e. The molecule has 0 aromatic carbocycles. The largest absolute Gasteiger partial charge is 0.490 e. The standard InChI is InChI=1S/C13H13NO3S.C2HF3O2/c15-13(16)11-6-9-3-4-14(8-12(9)18-11)7-10-2-1-5-17-10;3-2(4,5)1(6)7/h1-2,5-6H,3-4,7-8H2,(H,15,16);(H,6,7). The Hall–Kier alpha value is -2.33. The topological polar surface area (TPSA) is 91.0 Å². The molecule has 10 heteroatoms. The second-order valence-electron chi connectivity index (χ2n) is 5.21. The van der Waals surface area contributed by atoms with E-state index < -0.39 is 18.1 Å². The van der Waals surface area contributed by atoms with Gasteiger partial charge in [-0.15, -0.1) is 11.3 Å². The summed E-state index contributed by atoms with van der Waals surface area (Å²) >= 11 is 1.39. The number of carboxylic acids is 2. The number of furan rings is 1. The molecule has 1 aliphatic rings. The van der Waals surface area contributed by atoms with Gasteiger partial charge in [-0.2, -0.15) is 13.2 Å². The molecule has 1 aliphatic heterocycles. The number of aromatic carboxylic acids is 1. The summed E-state index contributed by atoms with van der Waals surface area (Å²) < 4.78 is 37.1. The molecule has 0 bridgehead atoms. The predicted octanol–water partition coefficient (Wildman–Crippen LogP) is 3.23. The number of aliphatic carboxylic acids is 1. The molecule has 0 radical (unpaired) electrons. The van der Waals surface area contributed by atoms with Gasteiger partial charge in [0.15, 0.2) is 0 Å². The predicted molar refractivity (Wildman–Crippen MR) is 81.5 cm³/mol. The van der Waals surface area contributed by atoms with E-state index in [1.54, 1.807) is 6.26 Å². The van der Waals surface area contributed by atoms with Gasteiger partial charge in [-0.05, 0) is 30.2 Å². The minimum Gasteiger partial charge on any atom is -0.477 e. The fraction of sp³-hybridized carbons (Fsp3) is 0.333. The van der Waals surface area contributed by atoms with Crippen molar-refractivity contribution in [1.29, 1.82) is 0 Å². The number of alkyl halides is 3. The number of nitrogens with zero attached hydrogens (tertiary/aromatic N) is 1. The Bertz CT molecular complexity index is 739. The fourth-order valence-corrected chi connectivity index (χ4v) is 3.33. The maximum Gasteiger partial charge on any atom is 0.490 e. The average Bonchev–Trinajstić information content (AvgIpc) is 3.15. The lowest BCUT2D eigenvalue weighted by Crippen LogP contribution is -2.28. The molecule has 0 saturated carbocycles. The van der Waals surface area contributed by atoms with E-state index in [1.165, 1.54) is 21.8 Å². The van der Waals surface area contributed by atoms with E-state index in [1.807, 2.05) is 18.2 Å². The van der Waals surface area contributed by atoms with E-state index in [4.69, 9.17) is 19.4 Å². The SMILES string of the molecule is O=C(O)C(F)(F)F.O=C(O)c1cc2c(s1)CN(Cc1ccco1)CC2. The van der Waals surface area contributed by atoms with Crippen LogP contribution in [0.2, 0.25) is 0 Å². The molecule has 0 fully saturated rings. The molecule has 0 unspecified atom stereocenters. The number of fused-ring (bicyclic) bond motifs is 1. The van der Waals surface area contributed by atoms with Crippen LogP contribution in [-0.4, -0.2) is 39.8 Å². The summed E-state index contributed by atoms with van der Waals surface area (Å²) in [5.74, 6) is -2.63. The van der Waals surface area contributed by atoms with E-state index in [2.05, 4.69) is 4.90 Å². The molecule has 2 N–H and O–H groups in total. The van der Waals surface area contributed by atoms with Crippen molar-refractivity contribution in [3.8, 4) is 0 Å². The molecule has 2 aromatic heterocycles. The number of thiophene rings is 1. The summed E-state index contributed by atoms with van der Waals surface area (Å²) in [6, 6.07) is 5.66. The van der Waals surface area contributed by atoms with Crippen molar-refractivity contribution in [2.45, 2.75) is 25.7 Å². The Morgan fingerprint density at radius 2 is 2.00 bits per heavy atom. The minimum atomic E-state index is -5.08. The molecule has 25 heavy (non-hydrogen) atoms. The first-order valence-corrected chi connectivity index (χ1v) is 7.88. The highest BCUT2D eigenvalue weighted by atomic mass is 32.1. The normalized spacial score (nSPS) is 14.4. The van der Waals surface area contributed by atoms with Crippen LogP contribution in [0.3, 0.4) is 0 Å². The number of hydrogen-bond donors (Lipinski definition) is 2. The van der Waals surface area contributed by atoms with Crippen molar-refractivity contribution in [3.63, 3.8) is 0 Å². The van der Waals surface area contributed by atoms with Gasteiger partial charge in [0.05, 0.1) is 12.8 Å². The quantitative estimate of drug-likeness (QED) is 0.853. The van der Waals surface area contributed by atoms with Gasteiger partial charge in [-0.25, -0.2) is 9.59 Å². The van der Waals surface area contributed by atoms with Crippen LogP contribution < -0.4 is 0 Å². The Labute approximate surface area is 144 Å². The third-order valence-corrected chi connectivity index (χ3v) is 4.52. The van der Waals surface area contributed by atoms with Crippen molar-refractivity contribution >= 4 is 23.3 Å². The highest BCUT2D eigenvalue weighted by Crippen LogP contribution is 2.29. The number of carbonyl (C=O) groups is 2. The van der Waals surface area contributed by atoms with Gasteiger partial charge in [0, 0.05) is 18.0 Å². The van der Waals surface area contributed by atoms with Crippen LogP contribution in [0.4, 0.5) is 13.2 Å². The molecule has 3 heterocycles. The third kappa shape index (κ3) is 5.33. The molecule has 3 rings (SSSR count). The van der Waals surface area contributed by atoms with Gasteiger partial charge in [0.25, 0.3) is 0 Å². The van der Waals surface area contributed by atoms with E-state index >= 15 is 0 Å². The van der Waals surface area contributed by atoms with Gasteiger partial charge in [0.1, 0.15) is 10.6 Å². The van der Waals surface area contributed by atoms with Gasteiger partial charge in [0.2, 0.25) is 0 Å². The van der Waals surface area contributed by atoms with Gasteiger partial charge in [-0.3, -0.25) is 4.90 Å². The zero-order valence-corrected chi connectivity index (χ0v) is 13.6. The monoisotopic (exact) mass is 377 g/mol. The molecule has 0 aliphatic carbocycles. The van der Waals surface area contributed by atoms with Crippen LogP contribution in [-0.2, 0) is 24.3 Å². The van der Waals surface area contributed by atoms with Gasteiger partial charge >= 0.3 is 18.1 Å². The van der Waals surface area contributed by atoms with Gasteiger partial charge in [-0.1, -0.05) is 0 Å². The van der Waals surface area contributed by atoms with E-state index in [0.717, 1.165) is 31.8 Å². The minimum absolute atomic E-state index is 0.444. The highest BCUT2D eigenvalue weighted by Gasteiger charge is 2.38. The summed E-state index contributed by atoms with van der Waals surface area (Å²) in [7, 11) is 0. The third-order valence-electron chi connectivity index (χ3n) is 3.37. The highest BCUT2D eigenvalue weighted by molar-refractivity contribution is 7.14. The second-order valence-corrected chi connectivity index (χ2v) is 6.34. The van der Waals surface area contributed by atoms with Crippen LogP contribution >= 0.6 is 11.3 Å². The summed E-state index contributed by atoms with van der Waals surface area (Å²) in [6.07, 6.45) is -2.49. The number of carboxylic acid groups (broad SMARTS) is 2. The summed E-state index contributed by atoms with van der Waals surface area (Å²) in [4.78, 5) is 23.7. The first-order valence-electron chi connectivity index (χ1n) is 7.06. The van der Waals surface area contributed by atoms with Crippen molar-refractivity contribution in [1.82, 2.24) is 4.90 Å². The van der Waals surface area contributed by atoms with Crippen LogP contribution in [0.1, 0.15) is 25.9 Å². The molecule has 0 spiro atoms. The van der Waals surface area contributed by atoms with E-state index in [-0.39, 0.29) is 0 Å². The summed E-state index contributed by atoms with van der Waals surface area (Å²) in [5.41, 5.74) is 1.19. The molecule has 136 valence electrons. The first-order chi connectivity index (χ1) is 11.7. The fourth-order valence-electron chi connectivity index (χ4n) is 2.24. The van der Waals surface area contributed by atoms with Crippen molar-refractivity contribution in [2.24, 2.45) is 0 Å². The van der Waals surface area contributed by atoms with Crippen molar-refractivity contribution in [3.05, 3.63) is 45.5 Å². The van der Waals surface area contributed by atoms with E-state index in [9.17, 15) is 18.0 Å². The summed E-state index contributed by atoms with van der Waals surface area (Å²) in [6.45, 7) is 2.55. The first kappa shape index (κ1) is 19.0. The van der Waals surface area contributed by atoms with Crippen LogP contribution in [0, 0.1) is 0 Å². The molecule has 0 amide bonds. The number of halogens is 3. The molecule has 0 atom stereocenters. The Kier molecular flexibility index (Phi) is 5.85. The van der Waals surface area contributed by atoms with Crippen LogP contribution in [0.15, 0.2) is 28.9 Å². The van der Waals surface area contributed by atoms with Gasteiger partial charge < -0.3 is 14.6 Å². The van der Waals surface area contributed by atoms with E-state index in [0.29, 0.717) is 4.88 Å². The zero-order chi connectivity index (χ0) is 18.6. The maximum absolute atomic E-state index is 10.9. The van der Waals surface area contributed by atoms with Crippen molar-refractivity contribution < 1.29 is 37.4 Å². The lowest BCUT2D eigenvalue weighted by molar-refractivity contribution is -0.192. The zero-order valence-electron chi connectivity index (χ0n) is 12.7. The number of hydrogen-bond acceptors (Lipinski definition) is 5. The average molecular weight is 377 g/mol. The molecular formula is C15H14F3NO5S. The summed E-state index contributed by atoms with van der Waals surface area (Å²) in [5, 5.41) is 16.1. The lowest BCUT2D eigenvalue weighted by Gasteiger charge is -2.25. The Balaban J connectivity index is 0.000000277. The lowest BCUT2D eigenvalue weighted by atomic mass is 10.1. The molecular weight excluding hydrogens is 363 g/mol.